The molecule has 0 bridgehead atoms. The first-order valence-electron chi connectivity index (χ1n) is 8.34. The molecule has 5 heteroatoms. The Bertz CT molecular complexity index is 919. The molecule has 0 N–H and O–H groups in total. The van der Waals surface area contributed by atoms with Crippen molar-refractivity contribution in [3.8, 4) is 11.5 Å². The Kier molecular flexibility index (Phi) is 4.27. The van der Waals surface area contributed by atoms with Crippen molar-refractivity contribution in [3.05, 3.63) is 71.8 Å². The van der Waals surface area contributed by atoms with E-state index in [-0.39, 0.29) is 0 Å². The van der Waals surface area contributed by atoms with Crippen LogP contribution < -0.4 is 14.4 Å². The topological polar surface area (TPSA) is 47.5 Å². The third-order valence-corrected chi connectivity index (χ3v) is 4.50. The summed E-state index contributed by atoms with van der Waals surface area (Å²) < 4.78 is 10.9. The van der Waals surface area contributed by atoms with Crippen LogP contribution in [0.3, 0.4) is 0 Å². The minimum Gasteiger partial charge on any atom is -0.497 e. The van der Waals surface area contributed by atoms with Gasteiger partial charge in [0.2, 0.25) is 0 Å². The van der Waals surface area contributed by atoms with E-state index in [0.717, 1.165) is 39.6 Å². The summed E-state index contributed by atoms with van der Waals surface area (Å²) in [7, 11) is 3.33. The summed E-state index contributed by atoms with van der Waals surface area (Å²) in [6.07, 6.45) is 11.5. The molecule has 130 valence electrons. The van der Waals surface area contributed by atoms with Crippen molar-refractivity contribution in [3.63, 3.8) is 0 Å². The number of methoxy groups -OCH3 is 2. The normalized spacial score (nSPS) is 12.2. The molecule has 0 fully saturated rings. The van der Waals surface area contributed by atoms with Crippen LogP contribution in [0.15, 0.2) is 55.1 Å². The van der Waals surface area contributed by atoms with Gasteiger partial charge in [-0.05, 0) is 24.3 Å². The molecule has 0 unspecified atom stereocenters. The molecule has 26 heavy (non-hydrogen) atoms. The molecule has 0 spiro atoms. The first kappa shape index (κ1) is 16.1. The Morgan fingerprint density at radius 1 is 0.846 bits per heavy atom. The average Bonchev–Trinajstić information content (AvgIpc) is 2.86. The van der Waals surface area contributed by atoms with E-state index in [1.54, 1.807) is 14.2 Å². The predicted octanol–water partition coefficient (Wildman–Crippen LogP) is 4.32. The zero-order chi connectivity index (χ0) is 17.9. The Morgan fingerprint density at radius 3 is 2.08 bits per heavy atom. The minimum absolute atomic E-state index is 0.656. The SMILES string of the molecule is COc1ccc(CN2c3ccncc3C=Cc3cnccc32)c(OC)c1. The molecule has 0 radical (unpaired) electrons. The third-order valence-electron chi connectivity index (χ3n) is 4.50. The van der Waals surface area contributed by atoms with E-state index in [1.807, 2.05) is 55.1 Å². The van der Waals surface area contributed by atoms with Gasteiger partial charge < -0.3 is 14.4 Å². The van der Waals surface area contributed by atoms with Crippen LogP contribution in [-0.4, -0.2) is 24.2 Å². The minimum atomic E-state index is 0.656. The number of hydrogen-bond acceptors (Lipinski definition) is 5. The van der Waals surface area contributed by atoms with Gasteiger partial charge in [-0.1, -0.05) is 12.2 Å². The summed E-state index contributed by atoms with van der Waals surface area (Å²) in [5, 5.41) is 0. The second-order valence-corrected chi connectivity index (χ2v) is 5.97. The van der Waals surface area contributed by atoms with Crippen LogP contribution in [0.5, 0.6) is 11.5 Å². The molecule has 0 saturated carbocycles. The van der Waals surface area contributed by atoms with Crippen LogP contribution in [0.4, 0.5) is 11.4 Å². The Labute approximate surface area is 152 Å². The average molecular weight is 345 g/mol. The van der Waals surface area contributed by atoms with Crippen molar-refractivity contribution in [2.75, 3.05) is 19.1 Å². The van der Waals surface area contributed by atoms with Gasteiger partial charge in [0.15, 0.2) is 0 Å². The predicted molar refractivity (Wildman–Crippen MR) is 103 cm³/mol. The maximum Gasteiger partial charge on any atom is 0.127 e. The maximum absolute atomic E-state index is 5.59. The zero-order valence-electron chi connectivity index (χ0n) is 14.7. The molecule has 1 aromatic carbocycles. The lowest BCUT2D eigenvalue weighted by Gasteiger charge is -2.27. The number of hydrogen-bond donors (Lipinski definition) is 0. The Balaban J connectivity index is 1.82. The molecule has 1 aliphatic heterocycles. The van der Waals surface area contributed by atoms with Crippen LogP contribution in [0.25, 0.3) is 12.2 Å². The van der Waals surface area contributed by atoms with E-state index in [4.69, 9.17) is 9.47 Å². The molecule has 0 atom stereocenters. The number of fused-ring (bicyclic) bond motifs is 2. The fourth-order valence-electron chi connectivity index (χ4n) is 3.18. The van der Waals surface area contributed by atoms with Gasteiger partial charge in [0.05, 0.1) is 32.1 Å². The van der Waals surface area contributed by atoms with Crippen LogP contribution in [0.1, 0.15) is 16.7 Å². The van der Waals surface area contributed by atoms with Crippen LogP contribution in [0.2, 0.25) is 0 Å². The van der Waals surface area contributed by atoms with Gasteiger partial charge in [0.1, 0.15) is 11.5 Å². The lowest BCUT2D eigenvalue weighted by molar-refractivity contribution is 0.391. The molecule has 2 aromatic heterocycles. The molecule has 5 nitrogen and oxygen atoms in total. The Morgan fingerprint density at radius 2 is 1.50 bits per heavy atom. The highest BCUT2D eigenvalue weighted by Gasteiger charge is 2.20. The van der Waals surface area contributed by atoms with E-state index >= 15 is 0 Å². The van der Waals surface area contributed by atoms with Gasteiger partial charge in [0, 0.05) is 47.5 Å². The van der Waals surface area contributed by atoms with Crippen molar-refractivity contribution < 1.29 is 9.47 Å². The van der Waals surface area contributed by atoms with Gasteiger partial charge in [-0.25, -0.2) is 0 Å². The highest BCUT2D eigenvalue weighted by Crippen LogP contribution is 2.38. The van der Waals surface area contributed by atoms with E-state index in [0.29, 0.717) is 6.54 Å². The quantitative estimate of drug-likeness (QED) is 0.705. The summed E-state index contributed by atoms with van der Waals surface area (Å²) in [5.41, 5.74) is 5.39. The van der Waals surface area contributed by atoms with Crippen molar-refractivity contribution in [2.45, 2.75) is 6.54 Å². The molecule has 0 saturated heterocycles. The van der Waals surface area contributed by atoms with Crippen molar-refractivity contribution in [2.24, 2.45) is 0 Å². The Hall–Kier alpha value is -3.34. The van der Waals surface area contributed by atoms with E-state index in [2.05, 4.69) is 27.0 Å². The standard InChI is InChI=1S/C21H19N3O2/c1-25-18-6-5-17(21(11-18)26-2)14-24-19-7-9-22-12-15(19)3-4-16-13-23-10-8-20(16)24/h3-13H,14H2,1-2H3. The first-order chi connectivity index (χ1) is 12.8. The van der Waals surface area contributed by atoms with Crippen LogP contribution in [-0.2, 0) is 6.54 Å². The molecule has 1 aliphatic rings. The number of benzene rings is 1. The highest BCUT2D eigenvalue weighted by atomic mass is 16.5. The first-order valence-corrected chi connectivity index (χ1v) is 8.34. The number of aromatic nitrogens is 2. The summed E-state index contributed by atoms with van der Waals surface area (Å²) in [6.45, 7) is 0.656. The second kappa shape index (κ2) is 6.88. The largest absolute Gasteiger partial charge is 0.497 e. The van der Waals surface area contributed by atoms with Gasteiger partial charge in [-0.15, -0.1) is 0 Å². The molecule has 0 aliphatic carbocycles. The summed E-state index contributed by atoms with van der Waals surface area (Å²) in [5.74, 6) is 1.57. The molecule has 0 amide bonds. The monoisotopic (exact) mass is 345 g/mol. The fraction of sp³-hybridized carbons (Fsp3) is 0.143. The van der Waals surface area contributed by atoms with E-state index < -0.39 is 0 Å². The summed E-state index contributed by atoms with van der Waals surface area (Å²) in [6, 6.07) is 9.97. The molecule has 3 aromatic rings. The number of rotatable bonds is 4. The van der Waals surface area contributed by atoms with Crippen molar-refractivity contribution in [1.82, 2.24) is 9.97 Å². The number of ether oxygens (including phenoxy) is 2. The second-order valence-electron chi connectivity index (χ2n) is 5.97. The number of nitrogens with zero attached hydrogens (tertiary/aromatic N) is 3. The molecular formula is C21H19N3O2. The van der Waals surface area contributed by atoms with Gasteiger partial charge in [-0.3, -0.25) is 9.97 Å². The molecule has 4 rings (SSSR count). The number of pyridine rings is 2. The third kappa shape index (κ3) is 2.88. The lowest BCUT2D eigenvalue weighted by atomic mass is 10.1. The zero-order valence-corrected chi connectivity index (χ0v) is 14.7. The fourth-order valence-corrected chi connectivity index (χ4v) is 3.18. The summed E-state index contributed by atoms with van der Waals surface area (Å²) >= 11 is 0. The van der Waals surface area contributed by atoms with E-state index in [9.17, 15) is 0 Å². The maximum atomic E-state index is 5.59. The van der Waals surface area contributed by atoms with Gasteiger partial charge in [-0.2, -0.15) is 0 Å². The van der Waals surface area contributed by atoms with Crippen molar-refractivity contribution >= 4 is 23.5 Å². The van der Waals surface area contributed by atoms with Crippen LogP contribution in [0, 0.1) is 0 Å². The van der Waals surface area contributed by atoms with E-state index in [1.165, 1.54) is 0 Å². The van der Waals surface area contributed by atoms with Crippen LogP contribution >= 0.6 is 0 Å². The van der Waals surface area contributed by atoms with Gasteiger partial charge >= 0.3 is 0 Å². The molecular weight excluding hydrogens is 326 g/mol. The highest BCUT2D eigenvalue weighted by molar-refractivity contribution is 5.88. The molecule has 3 heterocycles. The smallest absolute Gasteiger partial charge is 0.127 e. The van der Waals surface area contributed by atoms with Crippen molar-refractivity contribution in [1.29, 1.82) is 0 Å². The van der Waals surface area contributed by atoms with Gasteiger partial charge in [0.25, 0.3) is 0 Å². The summed E-state index contributed by atoms with van der Waals surface area (Å²) in [4.78, 5) is 10.8. The number of anilines is 2. The lowest BCUT2D eigenvalue weighted by Crippen LogP contribution is -2.18.